The van der Waals surface area contributed by atoms with Crippen molar-refractivity contribution in [2.75, 3.05) is 12.4 Å². The molecule has 0 saturated heterocycles. The molecule has 0 spiro atoms. The zero-order valence-corrected chi connectivity index (χ0v) is 14.0. The monoisotopic (exact) mass is 362 g/mol. The van der Waals surface area contributed by atoms with Gasteiger partial charge in [0.05, 0.1) is 12.8 Å². The summed E-state index contributed by atoms with van der Waals surface area (Å²) in [5, 5.41) is 4.37. The van der Waals surface area contributed by atoms with Crippen molar-refractivity contribution >= 4 is 51.7 Å². The highest BCUT2D eigenvalue weighted by atomic mass is 35.5. The first-order valence-electron chi connectivity index (χ1n) is 6.96. The van der Waals surface area contributed by atoms with E-state index >= 15 is 0 Å². The summed E-state index contributed by atoms with van der Waals surface area (Å²) in [6, 6.07) is 11.5. The van der Waals surface area contributed by atoms with Crippen LogP contribution in [0.1, 0.15) is 20.8 Å². The molecule has 3 aromatic rings. The number of anilines is 1. The second-order valence-corrected chi connectivity index (χ2v) is 5.89. The van der Waals surface area contributed by atoms with E-state index in [2.05, 4.69) is 10.3 Å². The van der Waals surface area contributed by atoms with Gasteiger partial charge in [0.2, 0.25) is 0 Å². The van der Waals surface area contributed by atoms with Crippen LogP contribution in [0.3, 0.4) is 0 Å². The summed E-state index contributed by atoms with van der Waals surface area (Å²) < 4.78 is 4.77. The van der Waals surface area contributed by atoms with Crippen molar-refractivity contribution in [2.45, 2.75) is 0 Å². The van der Waals surface area contributed by atoms with E-state index in [9.17, 15) is 9.59 Å². The van der Waals surface area contributed by atoms with Gasteiger partial charge >= 0.3 is 5.97 Å². The number of hydrogen-bond donors (Lipinski definition) is 2. The summed E-state index contributed by atoms with van der Waals surface area (Å²) in [4.78, 5) is 27.4. The summed E-state index contributed by atoms with van der Waals surface area (Å²) in [5.74, 6) is -0.966. The Hall–Kier alpha value is -2.50. The number of esters is 1. The Bertz CT molecular complexity index is 933. The second kappa shape index (κ2) is 6.55. The normalized spacial score (nSPS) is 10.6. The lowest BCUT2D eigenvalue weighted by Gasteiger charge is -2.07. The van der Waals surface area contributed by atoms with Crippen LogP contribution in [0.25, 0.3) is 10.9 Å². The first-order chi connectivity index (χ1) is 11.5. The summed E-state index contributed by atoms with van der Waals surface area (Å²) in [6.07, 6.45) is 0. The third-order valence-electron chi connectivity index (χ3n) is 3.50. The molecule has 24 heavy (non-hydrogen) atoms. The molecule has 1 heterocycles. The number of fused-ring (bicyclic) bond motifs is 1. The zero-order valence-electron chi connectivity index (χ0n) is 12.5. The fraction of sp³-hybridized carbons (Fsp3) is 0.0588. The van der Waals surface area contributed by atoms with Gasteiger partial charge in [0.25, 0.3) is 5.91 Å². The molecule has 0 atom stereocenters. The molecule has 7 heteroatoms. The summed E-state index contributed by atoms with van der Waals surface area (Å²) >= 11 is 11.9. The first kappa shape index (κ1) is 16.4. The number of hydrogen-bond acceptors (Lipinski definition) is 3. The molecule has 0 aliphatic rings. The first-order valence-corrected chi connectivity index (χ1v) is 7.71. The fourth-order valence-electron chi connectivity index (χ4n) is 2.34. The average molecular weight is 363 g/mol. The number of carbonyl (C=O) groups excluding carboxylic acids is 2. The molecule has 2 N–H and O–H groups in total. The molecule has 5 nitrogen and oxygen atoms in total. The number of ether oxygens (including phenoxy) is 1. The lowest BCUT2D eigenvalue weighted by molar-refractivity contribution is 0.0596. The van der Waals surface area contributed by atoms with Crippen LogP contribution in [-0.4, -0.2) is 24.0 Å². The van der Waals surface area contributed by atoms with Gasteiger partial charge < -0.3 is 15.0 Å². The lowest BCUT2D eigenvalue weighted by Crippen LogP contribution is -2.14. The van der Waals surface area contributed by atoms with E-state index in [1.165, 1.54) is 7.11 Å². The van der Waals surface area contributed by atoms with Crippen LogP contribution in [-0.2, 0) is 4.74 Å². The van der Waals surface area contributed by atoms with E-state index < -0.39 is 5.97 Å². The number of halogens is 2. The predicted molar refractivity (Wildman–Crippen MR) is 94.1 cm³/mol. The molecule has 0 aliphatic carbocycles. The highest BCUT2D eigenvalue weighted by Gasteiger charge is 2.21. The topological polar surface area (TPSA) is 71.2 Å². The number of benzene rings is 2. The molecule has 0 bridgehead atoms. The highest BCUT2D eigenvalue weighted by molar-refractivity contribution is 6.32. The summed E-state index contributed by atoms with van der Waals surface area (Å²) in [6.45, 7) is 0. The van der Waals surface area contributed by atoms with Gasteiger partial charge in [-0.3, -0.25) is 4.79 Å². The number of rotatable bonds is 3. The molecule has 0 saturated carbocycles. The fourth-order valence-corrected chi connectivity index (χ4v) is 2.63. The van der Waals surface area contributed by atoms with E-state index in [4.69, 9.17) is 27.9 Å². The number of H-pyrrole nitrogens is 1. The largest absolute Gasteiger partial charge is 0.464 e. The van der Waals surface area contributed by atoms with Crippen LogP contribution >= 0.6 is 23.2 Å². The minimum atomic E-state index is -0.589. The van der Waals surface area contributed by atoms with Crippen molar-refractivity contribution < 1.29 is 14.3 Å². The van der Waals surface area contributed by atoms with Crippen LogP contribution in [0, 0.1) is 0 Å². The molecule has 3 rings (SSSR count). The van der Waals surface area contributed by atoms with Gasteiger partial charge in [0.1, 0.15) is 5.69 Å². The maximum atomic E-state index is 12.5. The SMILES string of the molecule is COC(=O)c1[nH]c2ccc(Cl)cc2c1NC(=O)c1ccc(Cl)cc1. The average Bonchev–Trinajstić information content (AvgIpc) is 2.92. The zero-order chi connectivity index (χ0) is 17.3. The van der Waals surface area contributed by atoms with Gasteiger partial charge in [-0.1, -0.05) is 23.2 Å². The Morgan fingerprint density at radius 3 is 2.38 bits per heavy atom. The van der Waals surface area contributed by atoms with Crippen LogP contribution < -0.4 is 5.32 Å². The van der Waals surface area contributed by atoms with Crippen molar-refractivity contribution in [3.63, 3.8) is 0 Å². The molecular formula is C17H12Cl2N2O3. The Morgan fingerprint density at radius 2 is 1.71 bits per heavy atom. The maximum absolute atomic E-state index is 12.5. The van der Waals surface area contributed by atoms with E-state index in [0.29, 0.717) is 32.2 Å². The quantitative estimate of drug-likeness (QED) is 0.673. The molecule has 0 unspecified atom stereocenters. The number of carbonyl (C=O) groups is 2. The highest BCUT2D eigenvalue weighted by Crippen LogP contribution is 2.31. The smallest absolute Gasteiger partial charge is 0.356 e. The summed E-state index contributed by atoms with van der Waals surface area (Å²) in [5.41, 5.74) is 1.54. The Morgan fingerprint density at radius 1 is 1.04 bits per heavy atom. The number of methoxy groups -OCH3 is 1. The molecule has 1 amide bonds. The van der Waals surface area contributed by atoms with Crippen LogP contribution in [0.15, 0.2) is 42.5 Å². The summed E-state index contributed by atoms with van der Waals surface area (Å²) in [7, 11) is 1.27. The molecule has 0 fully saturated rings. The van der Waals surface area contributed by atoms with E-state index in [0.717, 1.165) is 0 Å². The van der Waals surface area contributed by atoms with Gasteiger partial charge in [-0.25, -0.2) is 4.79 Å². The van der Waals surface area contributed by atoms with Gasteiger partial charge in [-0.05, 0) is 42.5 Å². The Balaban J connectivity index is 2.06. The van der Waals surface area contributed by atoms with Gasteiger partial charge in [0, 0.05) is 26.5 Å². The standard InChI is InChI=1S/C17H12Cl2N2O3/c1-24-17(23)15-14(12-8-11(19)6-7-13(12)20-15)21-16(22)9-2-4-10(18)5-3-9/h2-8,20H,1H3,(H,21,22). The lowest BCUT2D eigenvalue weighted by atomic mass is 10.2. The molecule has 1 aromatic heterocycles. The van der Waals surface area contributed by atoms with Gasteiger partial charge in [-0.15, -0.1) is 0 Å². The van der Waals surface area contributed by atoms with E-state index in [1.807, 2.05) is 0 Å². The Labute approximate surface area is 147 Å². The van der Waals surface area contributed by atoms with E-state index in [1.54, 1.807) is 42.5 Å². The van der Waals surface area contributed by atoms with Crippen LogP contribution in [0.2, 0.25) is 10.0 Å². The molecule has 122 valence electrons. The predicted octanol–water partition coefficient (Wildman–Crippen LogP) is 4.51. The second-order valence-electron chi connectivity index (χ2n) is 5.02. The minimum absolute atomic E-state index is 0.150. The molecule has 2 aromatic carbocycles. The molecular weight excluding hydrogens is 351 g/mol. The van der Waals surface area contributed by atoms with Crippen molar-refractivity contribution in [3.8, 4) is 0 Å². The maximum Gasteiger partial charge on any atom is 0.356 e. The van der Waals surface area contributed by atoms with Crippen molar-refractivity contribution in [3.05, 3.63) is 63.8 Å². The van der Waals surface area contributed by atoms with Crippen molar-refractivity contribution in [1.82, 2.24) is 4.98 Å². The Kier molecular flexibility index (Phi) is 4.46. The minimum Gasteiger partial charge on any atom is -0.464 e. The third kappa shape index (κ3) is 3.09. The van der Waals surface area contributed by atoms with E-state index in [-0.39, 0.29) is 11.6 Å². The van der Waals surface area contributed by atoms with Crippen LogP contribution in [0.4, 0.5) is 5.69 Å². The number of aromatic amines is 1. The van der Waals surface area contributed by atoms with Crippen molar-refractivity contribution in [2.24, 2.45) is 0 Å². The third-order valence-corrected chi connectivity index (χ3v) is 3.98. The van der Waals surface area contributed by atoms with Gasteiger partial charge in [0.15, 0.2) is 0 Å². The molecule has 0 aliphatic heterocycles. The number of amides is 1. The van der Waals surface area contributed by atoms with Crippen LogP contribution in [0.5, 0.6) is 0 Å². The van der Waals surface area contributed by atoms with Gasteiger partial charge in [-0.2, -0.15) is 0 Å². The van der Waals surface area contributed by atoms with Crippen molar-refractivity contribution in [1.29, 1.82) is 0 Å². The number of aromatic nitrogens is 1. The molecule has 0 radical (unpaired) electrons. The number of nitrogens with one attached hydrogen (secondary N) is 2.